The number of hydrogen-bond acceptors (Lipinski definition) is 3. The summed E-state index contributed by atoms with van der Waals surface area (Å²) in [5, 5.41) is 0. The molecule has 0 aliphatic carbocycles. The summed E-state index contributed by atoms with van der Waals surface area (Å²) in [5.74, 6) is -0.0405. The Morgan fingerprint density at radius 1 is 0.962 bits per heavy atom. The molecule has 1 saturated heterocycles. The Balaban J connectivity index is 1.50. The molecule has 1 heterocycles. The number of hydrogen-bond donors (Lipinski definition) is 0. The second kappa shape index (κ2) is 7.99. The topological polar surface area (TPSA) is 49.9 Å². The van der Waals surface area contributed by atoms with Crippen molar-refractivity contribution in [2.24, 2.45) is 0 Å². The monoisotopic (exact) mass is 356 g/mol. The van der Waals surface area contributed by atoms with Crippen molar-refractivity contribution in [1.82, 2.24) is 9.80 Å². The minimum Gasteiger partial charge on any atom is -0.484 e. The summed E-state index contributed by atoms with van der Waals surface area (Å²) in [5.41, 5.74) is 1.65. The average Bonchev–Trinajstić information content (AvgIpc) is 2.67. The number of rotatable bonds is 4. The summed E-state index contributed by atoms with van der Waals surface area (Å²) >= 11 is 0. The van der Waals surface area contributed by atoms with Crippen LogP contribution in [-0.2, 0) is 4.79 Å². The van der Waals surface area contributed by atoms with E-state index in [9.17, 15) is 14.0 Å². The van der Waals surface area contributed by atoms with Gasteiger partial charge in [0.25, 0.3) is 11.8 Å². The molecule has 0 saturated carbocycles. The summed E-state index contributed by atoms with van der Waals surface area (Å²) in [6.45, 7) is 3.76. The number of carbonyl (C=O) groups is 2. The molecule has 0 bridgehead atoms. The molecule has 0 atom stereocenters. The number of piperazine rings is 1. The number of nitrogens with zero attached hydrogens (tertiary/aromatic N) is 2. The molecule has 5 nitrogen and oxygen atoms in total. The molecule has 1 aliphatic heterocycles. The SMILES string of the molecule is Cc1ccccc1C(=O)N1CCN(C(=O)COc2ccc(F)cc2)CC1. The molecule has 26 heavy (non-hydrogen) atoms. The van der Waals surface area contributed by atoms with Crippen LogP contribution in [0.4, 0.5) is 4.39 Å². The molecule has 6 heteroatoms. The van der Waals surface area contributed by atoms with Gasteiger partial charge < -0.3 is 14.5 Å². The highest BCUT2D eigenvalue weighted by Crippen LogP contribution is 2.14. The van der Waals surface area contributed by atoms with E-state index in [1.807, 2.05) is 31.2 Å². The summed E-state index contributed by atoms with van der Waals surface area (Å²) in [7, 11) is 0. The molecular weight excluding hydrogens is 335 g/mol. The lowest BCUT2D eigenvalue weighted by Crippen LogP contribution is -2.51. The van der Waals surface area contributed by atoms with Crippen LogP contribution >= 0.6 is 0 Å². The van der Waals surface area contributed by atoms with Gasteiger partial charge >= 0.3 is 0 Å². The molecule has 3 rings (SSSR count). The minimum absolute atomic E-state index is 0.00207. The van der Waals surface area contributed by atoms with Gasteiger partial charge in [0.1, 0.15) is 11.6 Å². The zero-order chi connectivity index (χ0) is 18.5. The van der Waals surface area contributed by atoms with Crippen molar-refractivity contribution < 1.29 is 18.7 Å². The van der Waals surface area contributed by atoms with Crippen molar-refractivity contribution >= 4 is 11.8 Å². The van der Waals surface area contributed by atoms with Crippen LogP contribution in [0.25, 0.3) is 0 Å². The maximum atomic E-state index is 12.9. The molecule has 136 valence electrons. The van der Waals surface area contributed by atoms with Crippen LogP contribution in [0.15, 0.2) is 48.5 Å². The van der Waals surface area contributed by atoms with Gasteiger partial charge in [-0.05, 0) is 42.8 Å². The Bertz CT molecular complexity index is 784. The molecule has 2 amide bonds. The minimum atomic E-state index is -0.349. The van der Waals surface area contributed by atoms with Crippen LogP contribution in [-0.4, -0.2) is 54.4 Å². The smallest absolute Gasteiger partial charge is 0.260 e. The first kappa shape index (κ1) is 17.9. The van der Waals surface area contributed by atoms with E-state index in [0.717, 1.165) is 5.56 Å². The maximum Gasteiger partial charge on any atom is 0.260 e. The van der Waals surface area contributed by atoms with E-state index >= 15 is 0 Å². The first-order chi connectivity index (χ1) is 12.5. The van der Waals surface area contributed by atoms with Crippen LogP contribution in [0.5, 0.6) is 5.75 Å². The third kappa shape index (κ3) is 4.20. The van der Waals surface area contributed by atoms with Gasteiger partial charge in [0.2, 0.25) is 0 Å². The standard InChI is InChI=1S/C20H21FN2O3/c1-15-4-2-3-5-18(15)20(25)23-12-10-22(11-13-23)19(24)14-26-17-8-6-16(21)7-9-17/h2-9H,10-14H2,1H3. The van der Waals surface area contributed by atoms with E-state index in [1.165, 1.54) is 24.3 Å². The number of aryl methyl sites for hydroxylation is 1. The summed E-state index contributed by atoms with van der Waals surface area (Å²) in [6.07, 6.45) is 0. The van der Waals surface area contributed by atoms with Crippen molar-refractivity contribution in [2.75, 3.05) is 32.8 Å². The first-order valence-electron chi connectivity index (χ1n) is 8.55. The van der Waals surface area contributed by atoms with Gasteiger partial charge in [-0.3, -0.25) is 9.59 Å². The molecule has 1 aliphatic rings. The van der Waals surface area contributed by atoms with E-state index in [1.54, 1.807) is 9.80 Å². The molecule has 0 N–H and O–H groups in total. The molecule has 0 unspecified atom stereocenters. The number of benzene rings is 2. The highest BCUT2D eigenvalue weighted by Gasteiger charge is 2.25. The number of ether oxygens (including phenoxy) is 1. The zero-order valence-electron chi connectivity index (χ0n) is 14.7. The van der Waals surface area contributed by atoms with Crippen molar-refractivity contribution in [3.63, 3.8) is 0 Å². The van der Waals surface area contributed by atoms with Gasteiger partial charge in [-0.15, -0.1) is 0 Å². The fraction of sp³-hybridized carbons (Fsp3) is 0.300. The Morgan fingerprint density at radius 3 is 2.23 bits per heavy atom. The van der Waals surface area contributed by atoms with Crippen molar-refractivity contribution in [2.45, 2.75) is 6.92 Å². The van der Waals surface area contributed by atoms with Gasteiger partial charge in [-0.1, -0.05) is 18.2 Å². The van der Waals surface area contributed by atoms with Gasteiger partial charge in [-0.2, -0.15) is 0 Å². The van der Waals surface area contributed by atoms with E-state index in [0.29, 0.717) is 37.5 Å². The second-order valence-corrected chi connectivity index (χ2v) is 6.23. The largest absolute Gasteiger partial charge is 0.484 e. The lowest BCUT2D eigenvalue weighted by Gasteiger charge is -2.35. The number of amides is 2. The summed E-state index contributed by atoms with van der Waals surface area (Å²) in [6, 6.07) is 13.1. The molecule has 0 radical (unpaired) electrons. The fourth-order valence-corrected chi connectivity index (χ4v) is 2.91. The van der Waals surface area contributed by atoms with Crippen LogP contribution in [0.1, 0.15) is 15.9 Å². The van der Waals surface area contributed by atoms with Crippen LogP contribution in [0, 0.1) is 12.7 Å². The summed E-state index contributed by atoms with van der Waals surface area (Å²) in [4.78, 5) is 28.3. The first-order valence-corrected chi connectivity index (χ1v) is 8.55. The van der Waals surface area contributed by atoms with Crippen LogP contribution in [0.2, 0.25) is 0 Å². The predicted octanol–water partition coefficient (Wildman–Crippen LogP) is 2.50. The van der Waals surface area contributed by atoms with Crippen molar-refractivity contribution in [1.29, 1.82) is 0 Å². The van der Waals surface area contributed by atoms with Crippen LogP contribution in [0.3, 0.4) is 0 Å². The van der Waals surface area contributed by atoms with Crippen molar-refractivity contribution in [3.8, 4) is 5.75 Å². The van der Waals surface area contributed by atoms with Gasteiger partial charge in [0.15, 0.2) is 6.61 Å². The average molecular weight is 356 g/mol. The Labute approximate surface area is 152 Å². The molecular formula is C20H21FN2O3. The number of carbonyl (C=O) groups excluding carboxylic acids is 2. The summed E-state index contributed by atoms with van der Waals surface area (Å²) < 4.78 is 18.3. The van der Waals surface area contributed by atoms with Gasteiger partial charge in [0.05, 0.1) is 0 Å². The Hall–Kier alpha value is -2.89. The zero-order valence-corrected chi connectivity index (χ0v) is 14.7. The fourth-order valence-electron chi connectivity index (χ4n) is 2.91. The van der Waals surface area contributed by atoms with E-state index in [4.69, 9.17) is 4.74 Å². The van der Waals surface area contributed by atoms with Crippen molar-refractivity contribution in [3.05, 3.63) is 65.5 Å². The predicted molar refractivity (Wildman–Crippen MR) is 95.6 cm³/mol. The molecule has 0 spiro atoms. The van der Waals surface area contributed by atoms with E-state index < -0.39 is 0 Å². The van der Waals surface area contributed by atoms with Gasteiger partial charge in [0, 0.05) is 31.7 Å². The Morgan fingerprint density at radius 2 is 1.58 bits per heavy atom. The number of halogens is 1. The Kier molecular flexibility index (Phi) is 5.51. The lowest BCUT2D eigenvalue weighted by atomic mass is 10.1. The highest BCUT2D eigenvalue weighted by atomic mass is 19.1. The maximum absolute atomic E-state index is 12.9. The molecule has 2 aromatic carbocycles. The lowest BCUT2D eigenvalue weighted by molar-refractivity contribution is -0.134. The quantitative estimate of drug-likeness (QED) is 0.846. The van der Waals surface area contributed by atoms with Crippen LogP contribution < -0.4 is 4.74 Å². The van der Waals surface area contributed by atoms with E-state index in [-0.39, 0.29) is 24.2 Å². The third-order valence-electron chi connectivity index (χ3n) is 4.47. The normalized spacial score (nSPS) is 14.2. The molecule has 2 aromatic rings. The molecule has 1 fully saturated rings. The highest BCUT2D eigenvalue weighted by molar-refractivity contribution is 5.95. The third-order valence-corrected chi connectivity index (χ3v) is 4.47. The van der Waals surface area contributed by atoms with E-state index in [2.05, 4.69) is 0 Å². The van der Waals surface area contributed by atoms with Gasteiger partial charge in [-0.25, -0.2) is 4.39 Å². The second-order valence-electron chi connectivity index (χ2n) is 6.23. The molecule has 0 aromatic heterocycles.